The molecule has 0 radical (unpaired) electrons. The van der Waals surface area contributed by atoms with Gasteiger partial charge in [-0.3, -0.25) is 5.73 Å². The number of H-pyrrole nitrogens is 1. The molecular formula is C15H12ClN2+. The number of halogens is 1. The molecule has 0 fully saturated rings. The van der Waals surface area contributed by atoms with Crippen LogP contribution in [-0.2, 0) is 0 Å². The SMILES string of the molecule is Nc1cc(-c2cccc(Cl)c2)c2ccccc2[nH+]1. The van der Waals surface area contributed by atoms with Crippen molar-refractivity contribution in [2.45, 2.75) is 0 Å². The maximum Gasteiger partial charge on any atom is 0.271 e. The van der Waals surface area contributed by atoms with E-state index in [4.69, 9.17) is 17.3 Å². The van der Waals surface area contributed by atoms with Gasteiger partial charge in [0, 0.05) is 22.0 Å². The van der Waals surface area contributed by atoms with Gasteiger partial charge < -0.3 is 0 Å². The number of fused-ring (bicyclic) bond motifs is 1. The first-order valence-electron chi connectivity index (χ1n) is 5.70. The van der Waals surface area contributed by atoms with E-state index < -0.39 is 0 Å². The van der Waals surface area contributed by atoms with Gasteiger partial charge in [-0.25, -0.2) is 4.98 Å². The number of pyridine rings is 1. The van der Waals surface area contributed by atoms with E-state index in [2.05, 4.69) is 11.1 Å². The molecule has 0 amide bonds. The standard InChI is InChI=1S/C15H11ClN2/c16-11-5-3-4-10(8-11)13-9-15(17)18-14-7-2-1-6-12(13)14/h1-9H,(H2,17,18)/p+1. The number of hydrogen-bond acceptors (Lipinski definition) is 1. The second-order valence-electron chi connectivity index (χ2n) is 4.19. The van der Waals surface area contributed by atoms with Crippen LogP contribution in [0, 0.1) is 0 Å². The molecule has 18 heavy (non-hydrogen) atoms. The average Bonchev–Trinajstić information content (AvgIpc) is 2.37. The summed E-state index contributed by atoms with van der Waals surface area (Å²) in [6, 6.07) is 17.8. The molecule has 0 saturated carbocycles. The molecule has 3 N–H and O–H groups in total. The lowest BCUT2D eigenvalue weighted by atomic mass is 10.0. The fraction of sp³-hybridized carbons (Fsp3) is 0. The fourth-order valence-corrected chi connectivity index (χ4v) is 2.34. The van der Waals surface area contributed by atoms with Gasteiger partial charge >= 0.3 is 0 Å². The highest BCUT2D eigenvalue weighted by atomic mass is 35.5. The minimum Gasteiger partial charge on any atom is -0.287 e. The van der Waals surface area contributed by atoms with E-state index in [0.717, 1.165) is 27.1 Å². The van der Waals surface area contributed by atoms with Crippen LogP contribution < -0.4 is 10.7 Å². The Balaban J connectivity index is 2.34. The molecule has 3 aromatic rings. The van der Waals surface area contributed by atoms with E-state index in [1.54, 1.807) is 0 Å². The van der Waals surface area contributed by atoms with Crippen molar-refractivity contribution in [1.82, 2.24) is 0 Å². The van der Waals surface area contributed by atoms with E-state index in [0.29, 0.717) is 5.82 Å². The highest BCUT2D eigenvalue weighted by molar-refractivity contribution is 6.30. The molecule has 0 bridgehead atoms. The molecule has 0 aliphatic carbocycles. The lowest BCUT2D eigenvalue weighted by molar-refractivity contribution is -0.326. The van der Waals surface area contributed by atoms with Crippen molar-refractivity contribution >= 4 is 28.3 Å². The fourth-order valence-electron chi connectivity index (χ4n) is 2.15. The van der Waals surface area contributed by atoms with Crippen molar-refractivity contribution in [2.24, 2.45) is 0 Å². The molecule has 3 heteroatoms. The molecule has 0 saturated heterocycles. The Morgan fingerprint density at radius 1 is 0.944 bits per heavy atom. The first-order valence-corrected chi connectivity index (χ1v) is 6.08. The molecule has 0 atom stereocenters. The number of aromatic nitrogens is 1. The minimum atomic E-state index is 0.642. The van der Waals surface area contributed by atoms with Crippen molar-refractivity contribution in [1.29, 1.82) is 0 Å². The second kappa shape index (κ2) is 4.31. The molecule has 0 aliphatic rings. The molecule has 0 aliphatic heterocycles. The topological polar surface area (TPSA) is 40.2 Å². The van der Waals surface area contributed by atoms with Crippen molar-refractivity contribution in [2.75, 3.05) is 5.73 Å². The maximum atomic E-state index is 6.05. The number of nitrogens with two attached hydrogens (primary N) is 1. The van der Waals surface area contributed by atoms with Gasteiger partial charge in [0.2, 0.25) is 0 Å². The van der Waals surface area contributed by atoms with Crippen LogP contribution in [0.4, 0.5) is 5.82 Å². The summed E-state index contributed by atoms with van der Waals surface area (Å²) in [5, 5.41) is 1.86. The average molecular weight is 256 g/mol. The third-order valence-electron chi connectivity index (χ3n) is 2.93. The Morgan fingerprint density at radius 2 is 1.78 bits per heavy atom. The zero-order valence-corrected chi connectivity index (χ0v) is 10.4. The van der Waals surface area contributed by atoms with E-state index in [-0.39, 0.29) is 0 Å². The summed E-state index contributed by atoms with van der Waals surface area (Å²) in [6.45, 7) is 0. The Labute approximate surface area is 110 Å². The zero-order chi connectivity index (χ0) is 12.5. The number of hydrogen-bond donors (Lipinski definition) is 1. The summed E-state index contributed by atoms with van der Waals surface area (Å²) in [7, 11) is 0. The summed E-state index contributed by atoms with van der Waals surface area (Å²) < 4.78 is 0. The highest BCUT2D eigenvalue weighted by Crippen LogP contribution is 2.29. The van der Waals surface area contributed by atoms with Gasteiger partial charge in [-0.05, 0) is 23.8 Å². The number of rotatable bonds is 1. The van der Waals surface area contributed by atoms with Gasteiger partial charge in [0.15, 0.2) is 0 Å². The van der Waals surface area contributed by atoms with Gasteiger partial charge in [0.05, 0.1) is 0 Å². The maximum absolute atomic E-state index is 6.05. The molecule has 2 aromatic carbocycles. The molecule has 0 unspecified atom stereocenters. The van der Waals surface area contributed by atoms with E-state index >= 15 is 0 Å². The normalized spacial score (nSPS) is 10.7. The van der Waals surface area contributed by atoms with Crippen molar-refractivity contribution in [3.05, 3.63) is 59.6 Å². The summed E-state index contributed by atoms with van der Waals surface area (Å²) in [5.41, 5.74) is 9.09. The Hall–Kier alpha value is -2.06. The predicted octanol–water partition coefficient (Wildman–Crippen LogP) is 3.56. The second-order valence-corrected chi connectivity index (χ2v) is 4.63. The van der Waals surface area contributed by atoms with E-state index in [1.165, 1.54) is 0 Å². The van der Waals surface area contributed by atoms with Crippen molar-refractivity contribution in [3.8, 4) is 11.1 Å². The molecule has 0 spiro atoms. The van der Waals surface area contributed by atoms with Crippen molar-refractivity contribution < 1.29 is 4.98 Å². The van der Waals surface area contributed by atoms with Crippen LogP contribution in [0.15, 0.2) is 54.6 Å². The number of nitrogens with one attached hydrogen (secondary N) is 1. The number of para-hydroxylation sites is 1. The molecule has 1 aromatic heterocycles. The summed E-state index contributed by atoms with van der Waals surface area (Å²) >= 11 is 6.05. The summed E-state index contributed by atoms with van der Waals surface area (Å²) in [6.07, 6.45) is 0. The number of aromatic amines is 1. The van der Waals surface area contributed by atoms with Crippen LogP contribution in [0.25, 0.3) is 22.0 Å². The van der Waals surface area contributed by atoms with Gasteiger partial charge in [0.1, 0.15) is 5.52 Å². The lowest BCUT2D eigenvalue weighted by Gasteiger charge is -2.06. The van der Waals surface area contributed by atoms with Gasteiger partial charge in [0.25, 0.3) is 5.82 Å². The van der Waals surface area contributed by atoms with Crippen LogP contribution in [-0.4, -0.2) is 0 Å². The van der Waals surface area contributed by atoms with Crippen LogP contribution in [0.3, 0.4) is 0 Å². The Kier molecular flexibility index (Phi) is 2.65. The molecular weight excluding hydrogens is 244 g/mol. The predicted molar refractivity (Wildman–Crippen MR) is 75.4 cm³/mol. The van der Waals surface area contributed by atoms with Gasteiger partial charge in [-0.2, -0.15) is 0 Å². The largest absolute Gasteiger partial charge is 0.287 e. The van der Waals surface area contributed by atoms with Gasteiger partial charge in [-0.15, -0.1) is 0 Å². The smallest absolute Gasteiger partial charge is 0.271 e. The van der Waals surface area contributed by atoms with Crippen molar-refractivity contribution in [3.63, 3.8) is 0 Å². The summed E-state index contributed by atoms with van der Waals surface area (Å²) in [4.78, 5) is 3.16. The van der Waals surface area contributed by atoms with Gasteiger partial charge in [-0.1, -0.05) is 41.9 Å². The third kappa shape index (κ3) is 1.91. The van der Waals surface area contributed by atoms with E-state index in [9.17, 15) is 0 Å². The minimum absolute atomic E-state index is 0.642. The number of benzene rings is 2. The highest BCUT2D eigenvalue weighted by Gasteiger charge is 2.09. The quantitative estimate of drug-likeness (QED) is 0.710. The van der Waals surface area contributed by atoms with Crippen LogP contribution in [0.1, 0.15) is 0 Å². The van der Waals surface area contributed by atoms with E-state index in [1.807, 2.05) is 48.5 Å². The van der Waals surface area contributed by atoms with Crippen LogP contribution in [0.5, 0.6) is 0 Å². The molecule has 1 heterocycles. The monoisotopic (exact) mass is 255 g/mol. The zero-order valence-electron chi connectivity index (χ0n) is 9.65. The summed E-state index contributed by atoms with van der Waals surface area (Å²) in [5.74, 6) is 0.642. The molecule has 3 rings (SSSR count). The Bertz CT molecular complexity index is 723. The van der Waals surface area contributed by atoms with Crippen LogP contribution >= 0.6 is 11.6 Å². The lowest BCUT2D eigenvalue weighted by Crippen LogP contribution is -2.11. The first-order chi connectivity index (χ1) is 8.74. The molecule has 2 nitrogen and oxygen atoms in total. The molecule has 88 valence electrons. The number of nitrogen functional groups attached to an aromatic ring is 1. The van der Waals surface area contributed by atoms with Crippen LogP contribution in [0.2, 0.25) is 5.02 Å². The third-order valence-corrected chi connectivity index (χ3v) is 3.17. The first kappa shape index (κ1) is 11.1. The number of anilines is 1. The Morgan fingerprint density at radius 3 is 2.61 bits per heavy atom.